The summed E-state index contributed by atoms with van der Waals surface area (Å²) in [4.78, 5) is 40.1. The number of aliphatic carboxylic acids is 1. The minimum atomic E-state index is -1.07. The largest absolute Gasteiger partial charge is 0.481 e. The smallest absolute Gasteiger partial charge is 0.305 e. The fourth-order valence-electron chi connectivity index (χ4n) is 2.36. The number of benzene rings is 1. The van der Waals surface area contributed by atoms with Crippen LogP contribution < -0.4 is 10.6 Å². The van der Waals surface area contributed by atoms with E-state index in [1.54, 1.807) is 45.0 Å². The number of pyridine rings is 1. The highest BCUT2D eigenvalue weighted by Crippen LogP contribution is 2.25. The molecule has 0 fully saturated rings. The second-order valence-electron chi connectivity index (χ2n) is 7.28. The van der Waals surface area contributed by atoms with E-state index in [2.05, 4.69) is 15.6 Å². The lowest BCUT2D eigenvalue weighted by Crippen LogP contribution is -2.31. The first kappa shape index (κ1) is 21.4. The highest BCUT2D eigenvalue weighted by atomic mass is 35.5. The number of carbonyl (C=O) groups excluding carboxylic acids is 2. The van der Waals surface area contributed by atoms with Crippen LogP contribution in [0, 0.1) is 5.41 Å². The molecule has 3 N–H and O–H groups in total. The van der Waals surface area contributed by atoms with Crippen LogP contribution >= 0.6 is 11.6 Å². The average molecular weight is 404 g/mol. The van der Waals surface area contributed by atoms with Gasteiger partial charge in [0.2, 0.25) is 5.91 Å². The first-order chi connectivity index (χ1) is 13.1. The van der Waals surface area contributed by atoms with Crippen LogP contribution in [0.1, 0.15) is 49.2 Å². The predicted molar refractivity (Wildman–Crippen MR) is 106 cm³/mol. The third kappa shape index (κ3) is 5.79. The second kappa shape index (κ2) is 8.84. The number of nitrogens with one attached hydrogen (secondary N) is 2. The molecule has 1 aromatic carbocycles. The van der Waals surface area contributed by atoms with Gasteiger partial charge in [0.25, 0.3) is 5.91 Å². The molecule has 0 spiro atoms. The summed E-state index contributed by atoms with van der Waals surface area (Å²) in [7, 11) is 0. The number of nitrogens with zero attached hydrogens (tertiary/aromatic N) is 1. The van der Waals surface area contributed by atoms with Crippen LogP contribution in [0.2, 0.25) is 5.02 Å². The summed E-state index contributed by atoms with van der Waals surface area (Å²) >= 11 is 6.16. The maximum absolute atomic E-state index is 12.7. The molecule has 28 heavy (non-hydrogen) atoms. The summed E-state index contributed by atoms with van der Waals surface area (Å²) in [6, 6.07) is 8.84. The Labute approximate surface area is 168 Å². The summed E-state index contributed by atoms with van der Waals surface area (Å²) < 4.78 is 0. The molecule has 1 atom stereocenters. The van der Waals surface area contributed by atoms with Gasteiger partial charge in [0.15, 0.2) is 0 Å². The van der Waals surface area contributed by atoms with Crippen LogP contribution in [0.25, 0.3) is 0 Å². The number of rotatable bonds is 6. The Balaban J connectivity index is 2.22. The normalized spacial score (nSPS) is 12.1. The van der Waals surface area contributed by atoms with Crippen LogP contribution in [0.15, 0.2) is 42.6 Å². The summed E-state index contributed by atoms with van der Waals surface area (Å²) in [5.41, 5.74) is 0.133. The molecular weight excluding hydrogens is 382 g/mol. The number of carboxylic acid groups (broad SMARTS) is 1. The molecule has 2 aromatic rings. The predicted octanol–water partition coefficient (Wildman–Crippen LogP) is 3.67. The second-order valence-corrected chi connectivity index (χ2v) is 7.69. The van der Waals surface area contributed by atoms with Crippen molar-refractivity contribution in [1.29, 1.82) is 0 Å². The van der Waals surface area contributed by atoms with E-state index in [0.717, 1.165) is 0 Å². The van der Waals surface area contributed by atoms with E-state index in [-0.39, 0.29) is 23.7 Å². The number of amides is 2. The first-order valence-corrected chi connectivity index (χ1v) is 9.00. The van der Waals surface area contributed by atoms with Crippen LogP contribution in [-0.2, 0) is 9.59 Å². The zero-order chi connectivity index (χ0) is 20.9. The number of hydrogen-bond donors (Lipinski definition) is 3. The van der Waals surface area contributed by atoms with Crippen molar-refractivity contribution in [3.8, 4) is 0 Å². The van der Waals surface area contributed by atoms with Crippen molar-refractivity contribution < 1.29 is 19.5 Å². The fourth-order valence-corrected chi connectivity index (χ4v) is 2.62. The van der Waals surface area contributed by atoms with Crippen LogP contribution in [-0.4, -0.2) is 27.9 Å². The standard InChI is InChI=1S/C20H22ClN3O4/c1-20(2,3)19(28)24-16-10-12(8-9-22-16)18(27)23-15(11-17(25)26)13-6-4-5-7-14(13)21/h4-10,15H,11H2,1-3H3,(H,23,27)(H,25,26)(H,22,24,28). The molecule has 2 rings (SSSR count). The van der Waals surface area contributed by atoms with E-state index in [9.17, 15) is 19.5 Å². The van der Waals surface area contributed by atoms with Gasteiger partial charge in [0.05, 0.1) is 12.5 Å². The highest BCUT2D eigenvalue weighted by molar-refractivity contribution is 6.31. The van der Waals surface area contributed by atoms with Gasteiger partial charge in [0, 0.05) is 22.2 Å². The van der Waals surface area contributed by atoms with Gasteiger partial charge in [0.1, 0.15) is 5.82 Å². The first-order valence-electron chi connectivity index (χ1n) is 8.62. The summed E-state index contributed by atoms with van der Waals surface area (Å²) in [5.74, 6) is -1.57. The lowest BCUT2D eigenvalue weighted by molar-refractivity contribution is -0.137. The van der Waals surface area contributed by atoms with Crippen molar-refractivity contribution in [3.05, 3.63) is 58.7 Å². The van der Waals surface area contributed by atoms with Gasteiger partial charge in [-0.1, -0.05) is 50.6 Å². The molecule has 148 valence electrons. The van der Waals surface area contributed by atoms with Gasteiger partial charge in [-0.15, -0.1) is 0 Å². The van der Waals surface area contributed by atoms with Crippen molar-refractivity contribution >= 4 is 35.2 Å². The number of carbonyl (C=O) groups is 3. The van der Waals surface area contributed by atoms with E-state index in [1.807, 2.05) is 0 Å². The Morgan fingerprint density at radius 3 is 2.46 bits per heavy atom. The van der Waals surface area contributed by atoms with Crippen molar-refractivity contribution in [1.82, 2.24) is 10.3 Å². The van der Waals surface area contributed by atoms with Crippen LogP contribution in [0.5, 0.6) is 0 Å². The molecule has 2 amide bonds. The van der Waals surface area contributed by atoms with E-state index in [1.165, 1.54) is 18.3 Å². The Morgan fingerprint density at radius 1 is 1.18 bits per heavy atom. The van der Waals surface area contributed by atoms with E-state index in [4.69, 9.17) is 11.6 Å². The van der Waals surface area contributed by atoms with Gasteiger partial charge in [-0.2, -0.15) is 0 Å². The van der Waals surface area contributed by atoms with Gasteiger partial charge in [-0.25, -0.2) is 4.98 Å². The van der Waals surface area contributed by atoms with E-state index in [0.29, 0.717) is 10.6 Å². The fraction of sp³-hybridized carbons (Fsp3) is 0.300. The Hall–Kier alpha value is -2.93. The maximum Gasteiger partial charge on any atom is 0.305 e. The molecule has 0 saturated heterocycles. The van der Waals surface area contributed by atoms with Gasteiger partial charge >= 0.3 is 5.97 Å². The molecule has 0 aliphatic rings. The number of halogens is 1. The third-order valence-corrected chi connectivity index (χ3v) is 4.25. The summed E-state index contributed by atoms with van der Waals surface area (Å²) in [5, 5.41) is 14.9. The van der Waals surface area contributed by atoms with Gasteiger partial charge < -0.3 is 15.7 Å². The van der Waals surface area contributed by atoms with E-state index < -0.39 is 23.3 Å². The molecule has 0 aliphatic carbocycles. The minimum absolute atomic E-state index is 0.236. The number of anilines is 1. The molecule has 0 saturated carbocycles. The van der Waals surface area contributed by atoms with Crippen molar-refractivity contribution in [2.45, 2.75) is 33.2 Å². The summed E-state index contributed by atoms with van der Waals surface area (Å²) in [6.45, 7) is 5.29. The van der Waals surface area contributed by atoms with Crippen LogP contribution in [0.3, 0.4) is 0 Å². The molecule has 1 aromatic heterocycles. The number of aromatic nitrogens is 1. The van der Waals surface area contributed by atoms with Crippen molar-refractivity contribution in [2.24, 2.45) is 5.41 Å². The minimum Gasteiger partial charge on any atom is -0.481 e. The molecular formula is C20H22ClN3O4. The molecule has 7 nitrogen and oxygen atoms in total. The van der Waals surface area contributed by atoms with Gasteiger partial charge in [-0.3, -0.25) is 14.4 Å². The lowest BCUT2D eigenvalue weighted by atomic mass is 9.96. The highest BCUT2D eigenvalue weighted by Gasteiger charge is 2.23. The van der Waals surface area contributed by atoms with Crippen LogP contribution in [0.4, 0.5) is 5.82 Å². The molecule has 0 aliphatic heterocycles. The molecule has 0 radical (unpaired) electrons. The van der Waals surface area contributed by atoms with Gasteiger partial charge in [-0.05, 0) is 23.8 Å². The molecule has 0 bridgehead atoms. The Bertz CT molecular complexity index is 893. The lowest BCUT2D eigenvalue weighted by Gasteiger charge is -2.19. The Kier molecular flexibility index (Phi) is 6.75. The zero-order valence-corrected chi connectivity index (χ0v) is 16.6. The average Bonchev–Trinajstić information content (AvgIpc) is 2.60. The van der Waals surface area contributed by atoms with E-state index >= 15 is 0 Å². The topological polar surface area (TPSA) is 108 Å². The monoisotopic (exact) mass is 403 g/mol. The zero-order valence-electron chi connectivity index (χ0n) is 15.8. The molecule has 1 unspecified atom stereocenters. The van der Waals surface area contributed by atoms with Crippen molar-refractivity contribution in [3.63, 3.8) is 0 Å². The Morgan fingerprint density at radius 2 is 1.86 bits per heavy atom. The molecule has 8 heteroatoms. The summed E-state index contributed by atoms with van der Waals surface area (Å²) in [6.07, 6.45) is 1.07. The third-order valence-electron chi connectivity index (χ3n) is 3.91. The number of carboxylic acids is 1. The van der Waals surface area contributed by atoms with Crippen molar-refractivity contribution in [2.75, 3.05) is 5.32 Å². The quantitative estimate of drug-likeness (QED) is 0.681. The molecule has 1 heterocycles. The SMILES string of the molecule is CC(C)(C)C(=O)Nc1cc(C(=O)NC(CC(=O)O)c2ccccc2Cl)ccn1. The maximum atomic E-state index is 12.7. The number of hydrogen-bond acceptors (Lipinski definition) is 4.